The van der Waals surface area contributed by atoms with Gasteiger partial charge in [-0.15, -0.1) is 0 Å². The number of aliphatic hydroxyl groups excluding tert-OH is 1. The van der Waals surface area contributed by atoms with Crippen LogP contribution in [0.1, 0.15) is 32.6 Å². The smallest absolute Gasteiger partial charge is 0.390 e. The van der Waals surface area contributed by atoms with Crippen LogP contribution in [-0.2, 0) is 4.74 Å². The summed E-state index contributed by atoms with van der Waals surface area (Å²) in [6.07, 6.45) is -2.81. The highest BCUT2D eigenvalue weighted by Gasteiger charge is 2.34. The Morgan fingerprint density at radius 2 is 2.00 bits per heavy atom. The Morgan fingerprint density at radius 1 is 1.33 bits per heavy atom. The van der Waals surface area contributed by atoms with E-state index in [1.165, 1.54) is 0 Å². The second kappa shape index (κ2) is 5.16. The molecule has 3 unspecified atom stereocenters. The second-order valence-corrected chi connectivity index (χ2v) is 4.12. The van der Waals surface area contributed by atoms with E-state index in [2.05, 4.69) is 0 Å². The fraction of sp³-hybridized carbons (Fsp3) is 1.00. The number of ether oxygens (including phenoxy) is 1. The molecule has 0 bridgehead atoms. The summed E-state index contributed by atoms with van der Waals surface area (Å²) < 4.78 is 40.4. The first kappa shape index (κ1) is 12.8. The fourth-order valence-corrected chi connectivity index (χ4v) is 1.95. The third kappa shape index (κ3) is 4.38. The van der Waals surface area contributed by atoms with Gasteiger partial charge in [0, 0.05) is 0 Å². The third-order valence-electron chi connectivity index (χ3n) is 2.90. The zero-order valence-corrected chi connectivity index (χ0v) is 8.76. The largest absolute Gasteiger partial charge is 0.411 e. The monoisotopic (exact) mass is 226 g/mol. The summed E-state index contributed by atoms with van der Waals surface area (Å²) in [4.78, 5) is 0. The van der Waals surface area contributed by atoms with E-state index in [4.69, 9.17) is 4.74 Å². The summed E-state index contributed by atoms with van der Waals surface area (Å²) in [5.74, 6) is 0.381. The van der Waals surface area contributed by atoms with Gasteiger partial charge in [0.1, 0.15) is 6.61 Å². The lowest BCUT2D eigenvalue weighted by atomic mass is 9.84. The van der Waals surface area contributed by atoms with Crippen molar-refractivity contribution in [2.75, 3.05) is 6.61 Å². The maximum atomic E-state index is 11.9. The molecule has 1 rings (SSSR count). The second-order valence-electron chi connectivity index (χ2n) is 4.12. The lowest BCUT2D eigenvalue weighted by Crippen LogP contribution is -2.38. The van der Waals surface area contributed by atoms with Gasteiger partial charge in [-0.2, -0.15) is 13.2 Å². The van der Waals surface area contributed by atoms with Crippen LogP contribution < -0.4 is 0 Å². The minimum absolute atomic E-state index is 0.381. The van der Waals surface area contributed by atoms with Gasteiger partial charge in [-0.25, -0.2) is 0 Å². The fourth-order valence-electron chi connectivity index (χ4n) is 1.95. The van der Waals surface area contributed by atoms with Crippen LogP contribution in [0.4, 0.5) is 13.2 Å². The van der Waals surface area contributed by atoms with Gasteiger partial charge in [0.2, 0.25) is 0 Å². The van der Waals surface area contributed by atoms with Crippen molar-refractivity contribution in [1.82, 2.24) is 0 Å². The molecule has 0 saturated heterocycles. The molecule has 90 valence electrons. The molecule has 1 aliphatic carbocycles. The van der Waals surface area contributed by atoms with Crippen LogP contribution >= 0.6 is 0 Å². The maximum Gasteiger partial charge on any atom is 0.411 e. The summed E-state index contributed by atoms with van der Waals surface area (Å²) in [6.45, 7) is 0.744. The van der Waals surface area contributed by atoms with Gasteiger partial charge in [0.05, 0.1) is 12.2 Å². The molecular weight excluding hydrogens is 209 g/mol. The van der Waals surface area contributed by atoms with E-state index >= 15 is 0 Å². The molecule has 1 aliphatic rings. The quantitative estimate of drug-likeness (QED) is 0.801. The number of hydrogen-bond donors (Lipinski definition) is 1. The normalized spacial score (nSPS) is 33.0. The molecule has 0 aliphatic heterocycles. The number of hydrogen-bond acceptors (Lipinski definition) is 2. The molecule has 1 fully saturated rings. The van der Waals surface area contributed by atoms with Crippen molar-refractivity contribution in [2.24, 2.45) is 5.92 Å². The Bertz CT molecular complexity index is 194. The lowest BCUT2D eigenvalue weighted by molar-refractivity contribution is -0.200. The molecule has 0 heterocycles. The summed E-state index contributed by atoms with van der Waals surface area (Å²) in [7, 11) is 0. The molecule has 0 aromatic rings. The van der Waals surface area contributed by atoms with Gasteiger partial charge in [0.15, 0.2) is 0 Å². The van der Waals surface area contributed by atoms with E-state index in [1.807, 2.05) is 6.92 Å². The Labute approximate surface area is 87.4 Å². The number of rotatable bonds is 3. The van der Waals surface area contributed by atoms with E-state index in [1.54, 1.807) is 0 Å². The first-order valence-electron chi connectivity index (χ1n) is 5.28. The molecular formula is C10H17F3O2. The average Bonchev–Trinajstić information content (AvgIpc) is 2.15. The summed E-state index contributed by atoms with van der Waals surface area (Å²) in [5.41, 5.74) is 0. The summed E-state index contributed by atoms with van der Waals surface area (Å²) in [6, 6.07) is 0. The zero-order valence-electron chi connectivity index (χ0n) is 8.76. The van der Waals surface area contributed by atoms with Crippen LogP contribution in [-0.4, -0.2) is 30.1 Å². The third-order valence-corrected chi connectivity index (χ3v) is 2.90. The van der Waals surface area contributed by atoms with Crippen LogP contribution in [0.5, 0.6) is 0 Å². The molecule has 5 heteroatoms. The molecule has 0 amide bonds. The average molecular weight is 226 g/mol. The van der Waals surface area contributed by atoms with Gasteiger partial charge in [-0.05, 0) is 25.2 Å². The highest BCUT2D eigenvalue weighted by atomic mass is 19.4. The maximum absolute atomic E-state index is 11.9. The van der Waals surface area contributed by atoms with Gasteiger partial charge in [-0.1, -0.05) is 13.3 Å². The van der Waals surface area contributed by atoms with E-state index in [-0.39, 0.29) is 0 Å². The summed E-state index contributed by atoms with van der Waals surface area (Å²) in [5, 5.41) is 9.49. The van der Waals surface area contributed by atoms with Gasteiger partial charge >= 0.3 is 6.18 Å². The van der Waals surface area contributed by atoms with Crippen molar-refractivity contribution >= 4 is 0 Å². The molecule has 1 N–H and O–H groups in total. The van der Waals surface area contributed by atoms with Crippen molar-refractivity contribution in [2.45, 2.75) is 51.0 Å². The molecule has 0 aromatic carbocycles. The molecule has 0 radical (unpaired) electrons. The highest BCUT2D eigenvalue weighted by molar-refractivity contribution is 4.80. The van der Waals surface area contributed by atoms with E-state index in [0.29, 0.717) is 18.8 Å². The zero-order chi connectivity index (χ0) is 11.5. The molecule has 3 atom stereocenters. The minimum atomic E-state index is -4.31. The van der Waals surface area contributed by atoms with Crippen LogP contribution in [0.3, 0.4) is 0 Å². The molecule has 15 heavy (non-hydrogen) atoms. The van der Waals surface area contributed by atoms with E-state index in [9.17, 15) is 18.3 Å². The standard InChI is InChI=1S/C10H17F3O2/c1-2-7-3-4-8(14)9(5-7)15-6-10(11,12)13/h7-9,14H,2-6H2,1H3. The van der Waals surface area contributed by atoms with Crippen LogP contribution in [0.25, 0.3) is 0 Å². The molecule has 0 spiro atoms. The van der Waals surface area contributed by atoms with Gasteiger partial charge in [0.25, 0.3) is 0 Å². The van der Waals surface area contributed by atoms with Crippen molar-refractivity contribution in [3.8, 4) is 0 Å². The Balaban J connectivity index is 2.38. The van der Waals surface area contributed by atoms with Crippen molar-refractivity contribution in [3.63, 3.8) is 0 Å². The molecule has 0 aromatic heterocycles. The predicted molar refractivity (Wildman–Crippen MR) is 49.4 cm³/mol. The first-order valence-corrected chi connectivity index (χ1v) is 5.28. The van der Waals surface area contributed by atoms with Gasteiger partial charge < -0.3 is 9.84 Å². The first-order chi connectivity index (χ1) is 6.92. The number of alkyl halides is 3. The van der Waals surface area contributed by atoms with Crippen molar-refractivity contribution < 1.29 is 23.0 Å². The molecule has 2 nitrogen and oxygen atoms in total. The van der Waals surface area contributed by atoms with Crippen LogP contribution in [0.15, 0.2) is 0 Å². The van der Waals surface area contributed by atoms with Crippen LogP contribution in [0.2, 0.25) is 0 Å². The predicted octanol–water partition coefficient (Wildman–Crippen LogP) is 2.50. The van der Waals surface area contributed by atoms with E-state index < -0.39 is 25.0 Å². The SMILES string of the molecule is CCC1CCC(O)C(OCC(F)(F)F)C1. The Kier molecular flexibility index (Phi) is 4.40. The molecule has 1 saturated carbocycles. The number of halogens is 3. The number of aliphatic hydroxyl groups is 1. The topological polar surface area (TPSA) is 29.5 Å². The minimum Gasteiger partial charge on any atom is -0.390 e. The van der Waals surface area contributed by atoms with Crippen LogP contribution in [0, 0.1) is 5.92 Å². The summed E-state index contributed by atoms with van der Waals surface area (Å²) >= 11 is 0. The van der Waals surface area contributed by atoms with Crippen molar-refractivity contribution in [1.29, 1.82) is 0 Å². The van der Waals surface area contributed by atoms with Crippen molar-refractivity contribution in [3.05, 3.63) is 0 Å². The van der Waals surface area contributed by atoms with E-state index in [0.717, 1.165) is 12.8 Å². The Morgan fingerprint density at radius 3 is 2.53 bits per heavy atom. The Hall–Kier alpha value is -0.290. The lowest BCUT2D eigenvalue weighted by Gasteiger charge is -2.32. The van der Waals surface area contributed by atoms with Gasteiger partial charge in [-0.3, -0.25) is 0 Å². The highest BCUT2D eigenvalue weighted by Crippen LogP contribution is 2.30.